The van der Waals surface area contributed by atoms with Gasteiger partial charge in [0.25, 0.3) is 0 Å². The molecule has 0 saturated carbocycles. The summed E-state index contributed by atoms with van der Waals surface area (Å²) in [5.41, 5.74) is 6.49. The zero-order valence-electron chi connectivity index (χ0n) is 12.4. The molecule has 2 aromatic rings. The van der Waals surface area contributed by atoms with E-state index in [1.54, 1.807) is 0 Å². The number of benzene rings is 1. The minimum Gasteiger partial charge on any atom is -0.370 e. The number of ether oxygens (including phenoxy) is 1. The fourth-order valence-corrected chi connectivity index (χ4v) is 2.70. The summed E-state index contributed by atoms with van der Waals surface area (Å²) in [4.78, 5) is 15.6. The molecule has 2 heterocycles. The van der Waals surface area contributed by atoms with Crippen LogP contribution in [0.2, 0.25) is 0 Å². The standard InChI is InChI=1S/C16H20N4O2/c17-14(21)11-15-18-16(13-7-4-10-22-13)20(19-15)9-8-12-5-2-1-3-6-12/h1-3,5-6,13H,4,7-11H2,(H2,17,21). The lowest BCUT2D eigenvalue weighted by molar-refractivity contribution is -0.117. The highest BCUT2D eigenvalue weighted by molar-refractivity contribution is 5.75. The molecule has 1 aliphatic heterocycles. The van der Waals surface area contributed by atoms with Crippen LogP contribution in [0.1, 0.15) is 36.2 Å². The number of aromatic nitrogens is 3. The Morgan fingerprint density at radius 3 is 2.86 bits per heavy atom. The van der Waals surface area contributed by atoms with Crippen LogP contribution in [0.3, 0.4) is 0 Å². The number of hydrogen-bond donors (Lipinski definition) is 1. The summed E-state index contributed by atoms with van der Waals surface area (Å²) in [6.07, 6.45) is 2.88. The van der Waals surface area contributed by atoms with Crippen LogP contribution in [-0.4, -0.2) is 27.3 Å². The van der Waals surface area contributed by atoms with Gasteiger partial charge < -0.3 is 10.5 Å². The lowest BCUT2D eigenvalue weighted by Crippen LogP contribution is -2.15. The number of amides is 1. The van der Waals surface area contributed by atoms with Gasteiger partial charge in [-0.2, -0.15) is 5.10 Å². The monoisotopic (exact) mass is 300 g/mol. The summed E-state index contributed by atoms with van der Waals surface area (Å²) < 4.78 is 7.57. The van der Waals surface area contributed by atoms with Gasteiger partial charge in [0.2, 0.25) is 5.91 Å². The topological polar surface area (TPSA) is 83.0 Å². The highest BCUT2D eigenvalue weighted by Crippen LogP contribution is 2.27. The smallest absolute Gasteiger partial charge is 0.225 e. The Kier molecular flexibility index (Phi) is 4.48. The molecule has 1 amide bonds. The van der Waals surface area contributed by atoms with E-state index in [9.17, 15) is 4.79 Å². The number of aryl methyl sites for hydroxylation is 2. The number of primary amides is 1. The third-order valence-corrected chi connectivity index (χ3v) is 3.75. The summed E-state index contributed by atoms with van der Waals surface area (Å²) in [5.74, 6) is 0.870. The van der Waals surface area contributed by atoms with Crippen LogP contribution in [0.15, 0.2) is 30.3 Å². The van der Waals surface area contributed by atoms with Crippen molar-refractivity contribution in [3.63, 3.8) is 0 Å². The Labute approximate surface area is 129 Å². The lowest BCUT2D eigenvalue weighted by Gasteiger charge is -2.10. The molecule has 6 heteroatoms. The van der Waals surface area contributed by atoms with Gasteiger partial charge in [0.15, 0.2) is 11.6 Å². The van der Waals surface area contributed by atoms with Gasteiger partial charge in [0.05, 0.1) is 6.42 Å². The van der Waals surface area contributed by atoms with Crippen LogP contribution in [0.25, 0.3) is 0 Å². The molecule has 1 fully saturated rings. The number of nitrogens with zero attached hydrogens (tertiary/aromatic N) is 3. The molecule has 22 heavy (non-hydrogen) atoms. The average Bonchev–Trinajstić information content (AvgIpc) is 3.14. The van der Waals surface area contributed by atoms with E-state index in [-0.39, 0.29) is 12.5 Å². The maximum absolute atomic E-state index is 11.1. The fraction of sp³-hybridized carbons (Fsp3) is 0.438. The molecule has 1 aromatic carbocycles. The molecule has 3 rings (SSSR count). The van der Waals surface area contributed by atoms with E-state index in [0.717, 1.165) is 31.7 Å². The van der Waals surface area contributed by atoms with Gasteiger partial charge in [-0.15, -0.1) is 0 Å². The molecule has 0 spiro atoms. The van der Waals surface area contributed by atoms with Gasteiger partial charge in [-0.05, 0) is 24.8 Å². The van der Waals surface area contributed by atoms with E-state index in [2.05, 4.69) is 22.2 Å². The molecule has 1 aromatic heterocycles. The number of nitrogens with two attached hydrogens (primary N) is 1. The highest BCUT2D eigenvalue weighted by atomic mass is 16.5. The fourth-order valence-electron chi connectivity index (χ4n) is 2.70. The summed E-state index contributed by atoms with van der Waals surface area (Å²) in [6.45, 7) is 1.46. The largest absolute Gasteiger partial charge is 0.370 e. The Morgan fingerprint density at radius 1 is 1.36 bits per heavy atom. The Hall–Kier alpha value is -2.21. The summed E-state index contributed by atoms with van der Waals surface area (Å²) in [6, 6.07) is 10.2. The van der Waals surface area contributed by atoms with Gasteiger partial charge in [0.1, 0.15) is 6.10 Å². The minimum atomic E-state index is -0.418. The Bertz CT molecular complexity index is 633. The molecule has 116 valence electrons. The maximum atomic E-state index is 11.1. The lowest BCUT2D eigenvalue weighted by atomic mass is 10.1. The second-order valence-electron chi connectivity index (χ2n) is 5.49. The van der Waals surface area contributed by atoms with Gasteiger partial charge in [-0.3, -0.25) is 4.79 Å². The van der Waals surface area contributed by atoms with Crippen molar-refractivity contribution in [1.82, 2.24) is 14.8 Å². The van der Waals surface area contributed by atoms with Crippen molar-refractivity contribution in [1.29, 1.82) is 0 Å². The van der Waals surface area contributed by atoms with Crippen molar-refractivity contribution < 1.29 is 9.53 Å². The third kappa shape index (κ3) is 3.51. The second kappa shape index (κ2) is 6.70. The average molecular weight is 300 g/mol. The number of carbonyl (C=O) groups excluding carboxylic acids is 1. The molecule has 2 N–H and O–H groups in total. The van der Waals surface area contributed by atoms with Gasteiger partial charge in [-0.25, -0.2) is 9.67 Å². The van der Waals surface area contributed by atoms with E-state index in [0.29, 0.717) is 12.4 Å². The second-order valence-corrected chi connectivity index (χ2v) is 5.49. The van der Waals surface area contributed by atoms with E-state index in [4.69, 9.17) is 10.5 Å². The van der Waals surface area contributed by atoms with Gasteiger partial charge in [-0.1, -0.05) is 30.3 Å². The summed E-state index contributed by atoms with van der Waals surface area (Å²) in [5, 5.41) is 4.43. The molecule has 1 aliphatic rings. The maximum Gasteiger partial charge on any atom is 0.225 e. The van der Waals surface area contributed by atoms with Crippen LogP contribution < -0.4 is 5.73 Å². The molecular weight excluding hydrogens is 280 g/mol. The predicted molar refractivity (Wildman–Crippen MR) is 81.0 cm³/mol. The third-order valence-electron chi connectivity index (χ3n) is 3.75. The summed E-state index contributed by atoms with van der Waals surface area (Å²) in [7, 11) is 0. The molecule has 1 atom stereocenters. The minimum absolute atomic E-state index is 0.0232. The quantitative estimate of drug-likeness (QED) is 0.874. The van der Waals surface area contributed by atoms with E-state index >= 15 is 0 Å². The zero-order valence-corrected chi connectivity index (χ0v) is 12.4. The van der Waals surface area contributed by atoms with Crippen molar-refractivity contribution in [2.24, 2.45) is 5.73 Å². The van der Waals surface area contributed by atoms with Crippen LogP contribution in [0, 0.1) is 0 Å². The molecule has 0 aliphatic carbocycles. The predicted octanol–water partition coefficient (Wildman–Crippen LogP) is 1.40. The first-order valence-corrected chi connectivity index (χ1v) is 7.60. The van der Waals surface area contributed by atoms with Crippen LogP contribution >= 0.6 is 0 Å². The molecule has 1 unspecified atom stereocenters. The highest BCUT2D eigenvalue weighted by Gasteiger charge is 2.24. The molecular formula is C16H20N4O2. The first-order chi connectivity index (χ1) is 10.7. The summed E-state index contributed by atoms with van der Waals surface area (Å²) >= 11 is 0. The molecule has 0 bridgehead atoms. The van der Waals surface area contributed by atoms with E-state index in [1.165, 1.54) is 5.56 Å². The van der Waals surface area contributed by atoms with Crippen molar-refractivity contribution in [2.45, 2.75) is 38.3 Å². The Morgan fingerprint density at radius 2 is 2.18 bits per heavy atom. The first-order valence-electron chi connectivity index (χ1n) is 7.60. The van der Waals surface area contributed by atoms with Crippen molar-refractivity contribution >= 4 is 5.91 Å². The normalized spacial score (nSPS) is 17.7. The van der Waals surface area contributed by atoms with Crippen molar-refractivity contribution in [2.75, 3.05) is 6.61 Å². The molecule has 1 saturated heterocycles. The number of hydrogen-bond acceptors (Lipinski definition) is 4. The number of carbonyl (C=O) groups is 1. The van der Waals surface area contributed by atoms with Crippen molar-refractivity contribution in [3.05, 3.63) is 47.5 Å². The molecule has 6 nitrogen and oxygen atoms in total. The zero-order chi connectivity index (χ0) is 15.4. The number of rotatable bonds is 6. The molecule has 0 radical (unpaired) electrons. The van der Waals surface area contributed by atoms with Crippen LogP contribution in [0.5, 0.6) is 0 Å². The van der Waals surface area contributed by atoms with Gasteiger partial charge >= 0.3 is 0 Å². The first kappa shape index (κ1) is 14.7. The van der Waals surface area contributed by atoms with Crippen LogP contribution in [0.4, 0.5) is 0 Å². The SMILES string of the molecule is NC(=O)Cc1nc(C2CCCO2)n(CCc2ccccc2)n1. The van der Waals surface area contributed by atoms with E-state index < -0.39 is 5.91 Å². The van der Waals surface area contributed by atoms with Gasteiger partial charge in [0, 0.05) is 13.2 Å². The Balaban J connectivity index is 1.77. The van der Waals surface area contributed by atoms with Crippen LogP contribution in [-0.2, 0) is 28.9 Å². The van der Waals surface area contributed by atoms with E-state index in [1.807, 2.05) is 22.9 Å². The van der Waals surface area contributed by atoms with Crippen molar-refractivity contribution in [3.8, 4) is 0 Å².